The average molecular weight is 408 g/mol. The van der Waals surface area contributed by atoms with Crippen LogP contribution in [0.1, 0.15) is 12.5 Å². The number of quaternary nitrogens is 1. The standard InChI is InChI=1S/C20H24ClFN4S/c1-3-25-8-10-26(11-9-25)19-7-5-15(21)12-18(19)24-20(27)23-16-6-4-14(2)17(22)13-16/h4-7,12-13H,3,8-11H2,1-2H3,(H2,23,24,27)/p+1. The molecule has 144 valence electrons. The molecule has 7 heteroatoms. The number of thiocarbonyl (C=S) groups is 1. The average Bonchev–Trinajstić information content (AvgIpc) is 2.65. The number of benzene rings is 2. The van der Waals surface area contributed by atoms with Crippen LogP contribution in [-0.4, -0.2) is 37.8 Å². The van der Waals surface area contributed by atoms with Gasteiger partial charge in [0.25, 0.3) is 0 Å². The van der Waals surface area contributed by atoms with E-state index in [1.54, 1.807) is 24.0 Å². The summed E-state index contributed by atoms with van der Waals surface area (Å²) in [5.74, 6) is -0.262. The first-order valence-electron chi connectivity index (χ1n) is 9.18. The van der Waals surface area contributed by atoms with Crippen LogP contribution >= 0.6 is 23.8 Å². The third kappa shape index (κ3) is 5.09. The molecule has 1 heterocycles. The maximum absolute atomic E-state index is 13.7. The van der Waals surface area contributed by atoms with Gasteiger partial charge in [0.05, 0.1) is 44.1 Å². The van der Waals surface area contributed by atoms with Crippen molar-refractivity contribution in [2.45, 2.75) is 13.8 Å². The number of nitrogens with zero attached hydrogens (tertiary/aromatic N) is 1. The monoisotopic (exact) mass is 407 g/mol. The van der Waals surface area contributed by atoms with Gasteiger partial charge in [-0.25, -0.2) is 4.39 Å². The van der Waals surface area contributed by atoms with Crippen molar-refractivity contribution >= 4 is 46.0 Å². The molecular weight excluding hydrogens is 383 g/mol. The molecule has 0 amide bonds. The molecule has 2 aromatic carbocycles. The fraction of sp³-hybridized carbons (Fsp3) is 0.350. The number of nitrogens with one attached hydrogen (secondary N) is 3. The quantitative estimate of drug-likeness (QED) is 0.679. The van der Waals surface area contributed by atoms with Gasteiger partial charge in [-0.1, -0.05) is 17.7 Å². The van der Waals surface area contributed by atoms with Crippen LogP contribution in [-0.2, 0) is 0 Å². The molecule has 0 aliphatic carbocycles. The Labute approximate surface area is 170 Å². The first-order valence-corrected chi connectivity index (χ1v) is 9.97. The number of hydrogen-bond acceptors (Lipinski definition) is 2. The van der Waals surface area contributed by atoms with Crippen LogP contribution in [0.25, 0.3) is 0 Å². The summed E-state index contributed by atoms with van der Waals surface area (Å²) in [6, 6.07) is 10.8. The van der Waals surface area contributed by atoms with E-state index in [0.717, 1.165) is 44.1 Å². The minimum Gasteiger partial charge on any atom is -0.359 e. The summed E-state index contributed by atoms with van der Waals surface area (Å²) in [6.07, 6.45) is 0. The van der Waals surface area contributed by atoms with Crippen molar-refractivity contribution < 1.29 is 9.29 Å². The Morgan fingerprint density at radius 1 is 1.19 bits per heavy atom. The van der Waals surface area contributed by atoms with Gasteiger partial charge in [-0.15, -0.1) is 0 Å². The van der Waals surface area contributed by atoms with Gasteiger partial charge in [-0.05, 0) is 62.0 Å². The predicted octanol–water partition coefficient (Wildman–Crippen LogP) is 3.32. The molecule has 0 saturated carbocycles. The highest BCUT2D eigenvalue weighted by Gasteiger charge is 2.21. The molecule has 0 radical (unpaired) electrons. The van der Waals surface area contributed by atoms with Crippen molar-refractivity contribution in [3.63, 3.8) is 0 Å². The molecule has 2 aromatic rings. The lowest BCUT2D eigenvalue weighted by molar-refractivity contribution is -0.898. The Morgan fingerprint density at radius 2 is 1.93 bits per heavy atom. The predicted molar refractivity (Wildman–Crippen MR) is 116 cm³/mol. The summed E-state index contributed by atoms with van der Waals surface area (Å²) in [4.78, 5) is 3.97. The van der Waals surface area contributed by atoms with Gasteiger partial charge in [0, 0.05) is 10.7 Å². The second-order valence-electron chi connectivity index (χ2n) is 6.80. The first-order chi connectivity index (χ1) is 13.0. The second kappa shape index (κ2) is 8.87. The molecule has 0 atom stereocenters. The molecule has 4 nitrogen and oxygen atoms in total. The molecule has 0 spiro atoms. The smallest absolute Gasteiger partial charge is 0.175 e. The van der Waals surface area contributed by atoms with Crippen molar-refractivity contribution in [1.82, 2.24) is 0 Å². The fourth-order valence-electron chi connectivity index (χ4n) is 3.26. The number of halogens is 2. The molecule has 1 aliphatic heterocycles. The largest absolute Gasteiger partial charge is 0.359 e. The highest BCUT2D eigenvalue weighted by atomic mass is 35.5. The molecule has 1 aliphatic rings. The molecule has 27 heavy (non-hydrogen) atoms. The summed E-state index contributed by atoms with van der Waals surface area (Å²) in [6.45, 7) is 9.31. The van der Waals surface area contributed by atoms with E-state index in [1.807, 2.05) is 18.2 Å². The molecule has 0 unspecified atom stereocenters. The zero-order valence-corrected chi connectivity index (χ0v) is 17.2. The van der Waals surface area contributed by atoms with Gasteiger partial charge >= 0.3 is 0 Å². The van der Waals surface area contributed by atoms with E-state index >= 15 is 0 Å². The third-order valence-corrected chi connectivity index (χ3v) is 5.39. The fourth-order valence-corrected chi connectivity index (χ4v) is 3.66. The SMILES string of the molecule is CC[NH+]1CCN(c2ccc(Cl)cc2NC(=S)Nc2ccc(C)c(F)c2)CC1. The van der Waals surface area contributed by atoms with E-state index in [0.29, 0.717) is 21.4 Å². The summed E-state index contributed by atoms with van der Waals surface area (Å²) in [5.41, 5.74) is 3.14. The summed E-state index contributed by atoms with van der Waals surface area (Å²) >= 11 is 11.6. The number of hydrogen-bond donors (Lipinski definition) is 3. The Morgan fingerprint density at radius 3 is 2.59 bits per heavy atom. The minimum absolute atomic E-state index is 0.262. The lowest BCUT2D eigenvalue weighted by Gasteiger charge is -2.34. The Bertz CT molecular complexity index is 822. The number of rotatable bonds is 4. The van der Waals surface area contributed by atoms with Crippen molar-refractivity contribution in [2.75, 3.05) is 48.3 Å². The molecule has 0 aromatic heterocycles. The van der Waals surface area contributed by atoms with Gasteiger partial charge < -0.3 is 20.4 Å². The number of piperazine rings is 1. The topological polar surface area (TPSA) is 31.7 Å². The van der Waals surface area contributed by atoms with Crippen molar-refractivity contribution in [2.24, 2.45) is 0 Å². The van der Waals surface area contributed by atoms with Gasteiger partial charge in [-0.3, -0.25) is 0 Å². The van der Waals surface area contributed by atoms with E-state index in [2.05, 4.69) is 22.5 Å². The second-order valence-corrected chi connectivity index (χ2v) is 7.64. The molecular formula is C20H25ClFN4S+. The van der Waals surface area contributed by atoms with Crippen LogP contribution in [0.4, 0.5) is 21.5 Å². The van der Waals surface area contributed by atoms with Crippen molar-refractivity contribution in [3.05, 3.63) is 52.8 Å². The Hall–Kier alpha value is -1.89. The van der Waals surface area contributed by atoms with Gasteiger partial charge in [-0.2, -0.15) is 0 Å². The van der Waals surface area contributed by atoms with Crippen LogP contribution < -0.4 is 20.4 Å². The van der Waals surface area contributed by atoms with Crippen LogP contribution in [0, 0.1) is 12.7 Å². The van der Waals surface area contributed by atoms with Crippen LogP contribution in [0.3, 0.4) is 0 Å². The van der Waals surface area contributed by atoms with Gasteiger partial charge in [0.15, 0.2) is 5.11 Å². The van der Waals surface area contributed by atoms with E-state index in [1.165, 1.54) is 6.07 Å². The zero-order valence-electron chi connectivity index (χ0n) is 15.6. The van der Waals surface area contributed by atoms with Gasteiger partial charge in [0.2, 0.25) is 0 Å². The summed E-state index contributed by atoms with van der Waals surface area (Å²) in [7, 11) is 0. The molecule has 3 N–H and O–H groups in total. The Kier molecular flexibility index (Phi) is 6.52. The Balaban J connectivity index is 1.72. The maximum Gasteiger partial charge on any atom is 0.175 e. The van der Waals surface area contributed by atoms with Gasteiger partial charge in [0.1, 0.15) is 5.82 Å². The molecule has 1 fully saturated rings. The highest BCUT2D eigenvalue weighted by molar-refractivity contribution is 7.80. The lowest BCUT2D eigenvalue weighted by Crippen LogP contribution is -3.14. The highest BCUT2D eigenvalue weighted by Crippen LogP contribution is 2.29. The van der Waals surface area contributed by atoms with Crippen LogP contribution in [0.5, 0.6) is 0 Å². The van der Waals surface area contributed by atoms with Crippen LogP contribution in [0.15, 0.2) is 36.4 Å². The number of likely N-dealkylation sites (N-methyl/N-ethyl adjacent to an activating group) is 1. The van der Waals surface area contributed by atoms with E-state index in [4.69, 9.17) is 23.8 Å². The zero-order chi connectivity index (χ0) is 19.4. The minimum atomic E-state index is -0.262. The number of anilines is 3. The lowest BCUT2D eigenvalue weighted by atomic mass is 10.2. The third-order valence-electron chi connectivity index (χ3n) is 4.95. The normalized spacial score (nSPS) is 14.9. The number of aryl methyl sites for hydroxylation is 1. The van der Waals surface area contributed by atoms with Crippen molar-refractivity contribution in [1.29, 1.82) is 0 Å². The molecule has 3 rings (SSSR count). The molecule has 0 bridgehead atoms. The molecule has 1 saturated heterocycles. The van der Waals surface area contributed by atoms with E-state index < -0.39 is 0 Å². The summed E-state index contributed by atoms with van der Waals surface area (Å²) in [5, 5.41) is 7.30. The van der Waals surface area contributed by atoms with Crippen LogP contribution in [0.2, 0.25) is 5.02 Å². The maximum atomic E-state index is 13.7. The van der Waals surface area contributed by atoms with E-state index in [-0.39, 0.29) is 5.82 Å². The first kappa shape index (κ1) is 19.9. The van der Waals surface area contributed by atoms with E-state index in [9.17, 15) is 4.39 Å². The summed E-state index contributed by atoms with van der Waals surface area (Å²) < 4.78 is 13.7. The van der Waals surface area contributed by atoms with Crippen molar-refractivity contribution in [3.8, 4) is 0 Å².